The van der Waals surface area contributed by atoms with Crippen LogP contribution < -0.4 is 5.32 Å². The van der Waals surface area contributed by atoms with Gasteiger partial charge < -0.3 is 15.3 Å². The number of aliphatic hydroxyl groups is 1. The van der Waals surface area contributed by atoms with Crippen molar-refractivity contribution in [2.24, 2.45) is 0 Å². The molecular weight excluding hydrogens is 226 g/mol. The minimum atomic E-state index is 0.252. The molecule has 1 aliphatic rings. The lowest BCUT2D eigenvalue weighted by molar-refractivity contribution is 0.174. The van der Waals surface area contributed by atoms with E-state index >= 15 is 0 Å². The van der Waals surface area contributed by atoms with Crippen molar-refractivity contribution in [2.45, 2.75) is 45.2 Å². The summed E-state index contributed by atoms with van der Waals surface area (Å²) in [5, 5.41) is 12.8. The maximum absolute atomic E-state index is 9.36. The lowest BCUT2D eigenvalue weighted by Gasteiger charge is -2.29. The standard InChI is InChI=1S/C14H31N3O/c1-4-7-15-14(12-18)6-10-17-9-5-8-16(3)11-13(17)2/h13-15,18H,4-12H2,1-3H3. The highest BCUT2D eigenvalue weighted by Gasteiger charge is 2.20. The van der Waals surface area contributed by atoms with Crippen molar-refractivity contribution in [2.75, 3.05) is 46.4 Å². The maximum Gasteiger partial charge on any atom is 0.0585 e. The summed E-state index contributed by atoms with van der Waals surface area (Å²) in [5.41, 5.74) is 0. The molecule has 1 saturated heterocycles. The maximum atomic E-state index is 9.36. The molecule has 1 fully saturated rings. The molecule has 0 saturated carbocycles. The second-order valence-electron chi connectivity index (χ2n) is 5.62. The number of hydrogen-bond acceptors (Lipinski definition) is 4. The molecule has 0 aromatic heterocycles. The summed E-state index contributed by atoms with van der Waals surface area (Å²) in [6, 6.07) is 0.890. The van der Waals surface area contributed by atoms with E-state index < -0.39 is 0 Å². The van der Waals surface area contributed by atoms with Crippen LogP contribution in [0.4, 0.5) is 0 Å². The van der Waals surface area contributed by atoms with Crippen LogP contribution in [0.1, 0.15) is 33.1 Å². The Morgan fingerprint density at radius 2 is 2.17 bits per heavy atom. The largest absolute Gasteiger partial charge is 0.395 e. The van der Waals surface area contributed by atoms with Crippen LogP contribution in [0.15, 0.2) is 0 Å². The van der Waals surface area contributed by atoms with Gasteiger partial charge in [-0.1, -0.05) is 6.92 Å². The van der Waals surface area contributed by atoms with E-state index in [4.69, 9.17) is 0 Å². The van der Waals surface area contributed by atoms with E-state index in [-0.39, 0.29) is 12.6 Å². The van der Waals surface area contributed by atoms with E-state index in [2.05, 4.69) is 36.0 Å². The molecule has 1 aliphatic heterocycles. The topological polar surface area (TPSA) is 38.7 Å². The third kappa shape index (κ3) is 5.65. The first kappa shape index (κ1) is 15.9. The fraction of sp³-hybridized carbons (Fsp3) is 1.00. The molecule has 0 radical (unpaired) electrons. The van der Waals surface area contributed by atoms with Gasteiger partial charge in [0.2, 0.25) is 0 Å². The Labute approximate surface area is 112 Å². The average Bonchev–Trinajstić information content (AvgIpc) is 2.51. The fourth-order valence-electron chi connectivity index (χ4n) is 2.68. The Morgan fingerprint density at radius 1 is 1.39 bits per heavy atom. The molecule has 1 rings (SSSR count). The van der Waals surface area contributed by atoms with Gasteiger partial charge in [-0.3, -0.25) is 4.90 Å². The fourth-order valence-corrected chi connectivity index (χ4v) is 2.68. The third-order valence-corrected chi connectivity index (χ3v) is 3.85. The summed E-state index contributed by atoms with van der Waals surface area (Å²) in [6.07, 6.45) is 3.43. The SMILES string of the molecule is CCCNC(CO)CCN1CCCN(C)CC1C. The molecule has 2 N–H and O–H groups in total. The molecule has 2 atom stereocenters. The van der Waals surface area contributed by atoms with Crippen LogP contribution in [-0.2, 0) is 0 Å². The Morgan fingerprint density at radius 3 is 2.83 bits per heavy atom. The highest BCUT2D eigenvalue weighted by atomic mass is 16.3. The second-order valence-corrected chi connectivity index (χ2v) is 5.62. The molecule has 108 valence electrons. The van der Waals surface area contributed by atoms with Gasteiger partial charge >= 0.3 is 0 Å². The zero-order valence-electron chi connectivity index (χ0n) is 12.4. The van der Waals surface area contributed by atoms with Crippen LogP contribution in [-0.4, -0.2) is 73.4 Å². The highest BCUT2D eigenvalue weighted by Crippen LogP contribution is 2.09. The van der Waals surface area contributed by atoms with Gasteiger partial charge in [0.05, 0.1) is 6.61 Å². The van der Waals surface area contributed by atoms with Crippen LogP contribution >= 0.6 is 0 Å². The lowest BCUT2D eigenvalue weighted by Crippen LogP contribution is -2.42. The molecule has 18 heavy (non-hydrogen) atoms. The van der Waals surface area contributed by atoms with Gasteiger partial charge in [0.1, 0.15) is 0 Å². The molecule has 0 spiro atoms. The van der Waals surface area contributed by atoms with E-state index in [1.165, 1.54) is 19.5 Å². The van der Waals surface area contributed by atoms with Crippen LogP contribution in [0.25, 0.3) is 0 Å². The monoisotopic (exact) mass is 257 g/mol. The molecule has 0 amide bonds. The molecule has 0 aromatic rings. The first-order valence-electron chi connectivity index (χ1n) is 7.44. The van der Waals surface area contributed by atoms with Gasteiger partial charge in [-0.25, -0.2) is 0 Å². The molecule has 0 aromatic carbocycles. The summed E-state index contributed by atoms with van der Waals surface area (Å²) in [7, 11) is 2.21. The van der Waals surface area contributed by atoms with E-state index in [1.54, 1.807) is 0 Å². The van der Waals surface area contributed by atoms with Gasteiger partial charge in [0.25, 0.3) is 0 Å². The van der Waals surface area contributed by atoms with E-state index in [9.17, 15) is 5.11 Å². The van der Waals surface area contributed by atoms with Crippen molar-refractivity contribution in [1.82, 2.24) is 15.1 Å². The van der Waals surface area contributed by atoms with Crippen molar-refractivity contribution in [3.8, 4) is 0 Å². The van der Waals surface area contributed by atoms with Gasteiger partial charge in [-0.05, 0) is 52.9 Å². The number of hydrogen-bond donors (Lipinski definition) is 2. The predicted molar refractivity (Wildman–Crippen MR) is 76.9 cm³/mol. The second kappa shape index (κ2) is 8.86. The normalized spacial score (nSPS) is 25.0. The number of aliphatic hydroxyl groups excluding tert-OH is 1. The molecular formula is C14H31N3O. The van der Waals surface area contributed by atoms with Crippen molar-refractivity contribution in [1.29, 1.82) is 0 Å². The quantitative estimate of drug-likeness (QED) is 0.706. The molecule has 4 heteroatoms. The van der Waals surface area contributed by atoms with E-state index in [1.807, 2.05) is 0 Å². The lowest BCUT2D eigenvalue weighted by atomic mass is 10.1. The summed E-state index contributed by atoms with van der Waals surface area (Å²) in [4.78, 5) is 4.99. The van der Waals surface area contributed by atoms with Gasteiger partial charge in [-0.15, -0.1) is 0 Å². The number of rotatable bonds is 7. The summed E-state index contributed by atoms with van der Waals surface area (Å²) in [5.74, 6) is 0. The first-order valence-corrected chi connectivity index (χ1v) is 7.44. The Bertz CT molecular complexity index is 213. The number of nitrogens with one attached hydrogen (secondary N) is 1. The molecule has 0 bridgehead atoms. The van der Waals surface area contributed by atoms with Crippen molar-refractivity contribution in [3.63, 3.8) is 0 Å². The third-order valence-electron chi connectivity index (χ3n) is 3.85. The van der Waals surface area contributed by atoms with Gasteiger partial charge in [0, 0.05) is 25.2 Å². The number of nitrogens with zero attached hydrogens (tertiary/aromatic N) is 2. The van der Waals surface area contributed by atoms with E-state index in [0.717, 1.165) is 32.5 Å². The van der Waals surface area contributed by atoms with Crippen LogP contribution in [0, 0.1) is 0 Å². The van der Waals surface area contributed by atoms with Crippen molar-refractivity contribution in [3.05, 3.63) is 0 Å². The zero-order valence-corrected chi connectivity index (χ0v) is 12.4. The van der Waals surface area contributed by atoms with Gasteiger partial charge in [-0.2, -0.15) is 0 Å². The van der Waals surface area contributed by atoms with Crippen LogP contribution in [0.5, 0.6) is 0 Å². The summed E-state index contributed by atoms with van der Waals surface area (Å²) < 4.78 is 0. The van der Waals surface area contributed by atoms with Gasteiger partial charge in [0.15, 0.2) is 0 Å². The minimum Gasteiger partial charge on any atom is -0.395 e. The summed E-state index contributed by atoms with van der Waals surface area (Å²) in [6.45, 7) is 10.4. The smallest absolute Gasteiger partial charge is 0.0585 e. The Hall–Kier alpha value is -0.160. The van der Waals surface area contributed by atoms with Crippen molar-refractivity contribution < 1.29 is 5.11 Å². The average molecular weight is 257 g/mol. The van der Waals surface area contributed by atoms with Crippen LogP contribution in [0.3, 0.4) is 0 Å². The van der Waals surface area contributed by atoms with E-state index in [0.29, 0.717) is 6.04 Å². The predicted octanol–water partition coefficient (Wildman–Crippen LogP) is 0.763. The molecule has 4 nitrogen and oxygen atoms in total. The zero-order chi connectivity index (χ0) is 13.4. The Kier molecular flexibility index (Phi) is 7.82. The van der Waals surface area contributed by atoms with Crippen LogP contribution in [0.2, 0.25) is 0 Å². The Balaban J connectivity index is 2.31. The number of likely N-dealkylation sites (N-methyl/N-ethyl adjacent to an activating group) is 1. The molecule has 0 aliphatic carbocycles. The first-order chi connectivity index (χ1) is 8.67. The molecule has 1 heterocycles. The summed E-state index contributed by atoms with van der Waals surface area (Å²) >= 11 is 0. The highest BCUT2D eigenvalue weighted by molar-refractivity contribution is 4.77. The van der Waals surface area contributed by atoms with Crippen molar-refractivity contribution >= 4 is 0 Å². The molecule has 2 unspecified atom stereocenters. The minimum absolute atomic E-state index is 0.252.